The molecule has 2 aromatic carbocycles. The standard InChI is InChI=1S/C23H25NO4/c1-5-16-8-7-9-17(6-2)22(16)24-23(26)15(4)27-18-10-11-19-14(3)12-21(25)28-20(19)13-18/h7-13,15H,5-6H2,1-4H3,(H,24,26). The minimum Gasteiger partial charge on any atom is -0.481 e. The summed E-state index contributed by atoms with van der Waals surface area (Å²) in [5.41, 5.74) is 3.95. The Morgan fingerprint density at radius 1 is 1.11 bits per heavy atom. The fourth-order valence-electron chi connectivity index (χ4n) is 3.26. The lowest BCUT2D eigenvalue weighted by Crippen LogP contribution is -2.31. The highest BCUT2D eigenvalue weighted by molar-refractivity contribution is 5.95. The first-order valence-corrected chi connectivity index (χ1v) is 9.55. The summed E-state index contributed by atoms with van der Waals surface area (Å²) in [6, 6.07) is 12.8. The van der Waals surface area contributed by atoms with E-state index in [2.05, 4.69) is 19.2 Å². The van der Waals surface area contributed by atoms with E-state index in [9.17, 15) is 9.59 Å². The third-order valence-electron chi connectivity index (χ3n) is 4.85. The van der Waals surface area contributed by atoms with Crippen LogP contribution in [-0.4, -0.2) is 12.0 Å². The molecule has 1 atom stereocenters. The van der Waals surface area contributed by atoms with Crippen LogP contribution < -0.4 is 15.7 Å². The van der Waals surface area contributed by atoms with E-state index >= 15 is 0 Å². The monoisotopic (exact) mass is 379 g/mol. The number of fused-ring (bicyclic) bond motifs is 1. The van der Waals surface area contributed by atoms with Crippen molar-refractivity contribution in [3.63, 3.8) is 0 Å². The molecule has 0 saturated heterocycles. The van der Waals surface area contributed by atoms with E-state index in [1.54, 1.807) is 19.1 Å². The summed E-state index contributed by atoms with van der Waals surface area (Å²) in [5.74, 6) is 0.254. The Labute approximate surface area is 164 Å². The van der Waals surface area contributed by atoms with Crippen LogP contribution in [0.1, 0.15) is 37.5 Å². The first-order chi connectivity index (χ1) is 13.4. The predicted octanol–water partition coefficient (Wildman–Crippen LogP) is 4.63. The Morgan fingerprint density at radius 2 is 1.79 bits per heavy atom. The van der Waals surface area contributed by atoms with Crippen LogP contribution in [0.3, 0.4) is 0 Å². The molecule has 0 aliphatic carbocycles. The highest BCUT2D eigenvalue weighted by atomic mass is 16.5. The molecule has 146 valence electrons. The van der Waals surface area contributed by atoms with Crippen LogP contribution in [0, 0.1) is 6.92 Å². The summed E-state index contributed by atoms with van der Waals surface area (Å²) in [6.07, 6.45) is 0.965. The van der Waals surface area contributed by atoms with Gasteiger partial charge in [0.15, 0.2) is 6.10 Å². The maximum atomic E-state index is 12.7. The molecule has 3 aromatic rings. The van der Waals surface area contributed by atoms with Crippen LogP contribution in [0.2, 0.25) is 0 Å². The minimum atomic E-state index is -0.705. The van der Waals surface area contributed by atoms with Gasteiger partial charge in [0.2, 0.25) is 0 Å². The minimum absolute atomic E-state index is 0.221. The number of carbonyl (C=O) groups excluding carboxylic acids is 1. The molecular weight excluding hydrogens is 354 g/mol. The first kappa shape index (κ1) is 19.7. The van der Waals surface area contributed by atoms with Crippen LogP contribution in [0.5, 0.6) is 5.75 Å². The molecule has 0 bridgehead atoms. The van der Waals surface area contributed by atoms with E-state index in [1.165, 1.54) is 6.07 Å². The molecule has 0 radical (unpaired) electrons. The fourth-order valence-corrected chi connectivity index (χ4v) is 3.26. The van der Waals surface area contributed by atoms with E-state index in [4.69, 9.17) is 9.15 Å². The average molecular weight is 379 g/mol. The van der Waals surface area contributed by atoms with Gasteiger partial charge in [-0.05, 0) is 55.5 Å². The van der Waals surface area contributed by atoms with Crippen LogP contribution in [0.4, 0.5) is 5.69 Å². The number of ether oxygens (including phenoxy) is 1. The Bertz CT molecular complexity index is 1050. The van der Waals surface area contributed by atoms with Gasteiger partial charge in [0, 0.05) is 23.2 Å². The summed E-state index contributed by atoms with van der Waals surface area (Å²) < 4.78 is 11.1. The lowest BCUT2D eigenvalue weighted by Gasteiger charge is -2.18. The topological polar surface area (TPSA) is 68.5 Å². The van der Waals surface area contributed by atoms with Crippen molar-refractivity contribution in [1.82, 2.24) is 0 Å². The number of para-hydroxylation sites is 1. The van der Waals surface area contributed by atoms with Crippen molar-refractivity contribution in [2.75, 3.05) is 5.32 Å². The zero-order valence-electron chi connectivity index (χ0n) is 16.7. The Balaban J connectivity index is 1.80. The van der Waals surface area contributed by atoms with Gasteiger partial charge in [-0.2, -0.15) is 0 Å². The van der Waals surface area contributed by atoms with E-state index in [1.807, 2.05) is 31.2 Å². The van der Waals surface area contributed by atoms with Gasteiger partial charge in [-0.3, -0.25) is 4.79 Å². The van der Waals surface area contributed by atoms with Crippen molar-refractivity contribution in [2.45, 2.75) is 46.6 Å². The normalized spacial score (nSPS) is 12.0. The van der Waals surface area contributed by atoms with Gasteiger partial charge in [0.1, 0.15) is 11.3 Å². The number of aryl methyl sites for hydroxylation is 3. The average Bonchev–Trinajstić information content (AvgIpc) is 2.67. The Hall–Kier alpha value is -3.08. The quantitative estimate of drug-likeness (QED) is 0.634. The van der Waals surface area contributed by atoms with Gasteiger partial charge < -0.3 is 14.5 Å². The molecule has 3 rings (SSSR count). The molecule has 0 fully saturated rings. The van der Waals surface area contributed by atoms with Gasteiger partial charge in [-0.1, -0.05) is 32.0 Å². The van der Waals surface area contributed by atoms with Crippen molar-refractivity contribution < 1.29 is 13.9 Å². The molecule has 0 aliphatic heterocycles. The summed E-state index contributed by atoms with van der Waals surface area (Å²) in [6.45, 7) is 7.68. The van der Waals surface area contributed by atoms with Gasteiger partial charge >= 0.3 is 5.63 Å². The molecule has 1 N–H and O–H groups in total. The van der Waals surface area contributed by atoms with Gasteiger partial charge in [-0.15, -0.1) is 0 Å². The SMILES string of the molecule is CCc1cccc(CC)c1NC(=O)C(C)Oc1ccc2c(C)cc(=O)oc2c1. The second-order valence-electron chi connectivity index (χ2n) is 6.81. The Kier molecular flexibility index (Phi) is 5.83. The molecule has 1 heterocycles. The maximum Gasteiger partial charge on any atom is 0.336 e. The third kappa shape index (κ3) is 4.09. The molecule has 0 saturated carbocycles. The number of nitrogens with one attached hydrogen (secondary N) is 1. The molecular formula is C23H25NO4. The third-order valence-corrected chi connectivity index (χ3v) is 4.85. The highest BCUT2D eigenvalue weighted by Gasteiger charge is 2.18. The van der Waals surface area contributed by atoms with Crippen molar-refractivity contribution in [3.05, 3.63) is 69.6 Å². The fraction of sp³-hybridized carbons (Fsp3) is 0.304. The largest absolute Gasteiger partial charge is 0.481 e. The second kappa shape index (κ2) is 8.30. The molecule has 5 nitrogen and oxygen atoms in total. The zero-order chi connectivity index (χ0) is 20.3. The van der Waals surface area contributed by atoms with Crippen LogP contribution in [0.25, 0.3) is 11.0 Å². The van der Waals surface area contributed by atoms with E-state index < -0.39 is 11.7 Å². The molecule has 1 aromatic heterocycles. The first-order valence-electron chi connectivity index (χ1n) is 9.55. The molecule has 0 aliphatic rings. The maximum absolute atomic E-state index is 12.7. The number of benzene rings is 2. The zero-order valence-corrected chi connectivity index (χ0v) is 16.7. The molecule has 0 spiro atoms. The summed E-state index contributed by atoms with van der Waals surface area (Å²) >= 11 is 0. The summed E-state index contributed by atoms with van der Waals surface area (Å²) in [7, 11) is 0. The van der Waals surface area contributed by atoms with Crippen molar-refractivity contribution in [3.8, 4) is 5.75 Å². The lowest BCUT2D eigenvalue weighted by atomic mass is 10.0. The van der Waals surface area contributed by atoms with Gasteiger partial charge in [0.05, 0.1) is 0 Å². The van der Waals surface area contributed by atoms with E-state index in [0.29, 0.717) is 11.3 Å². The van der Waals surface area contributed by atoms with Gasteiger partial charge in [-0.25, -0.2) is 4.79 Å². The van der Waals surface area contributed by atoms with Crippen molar-refractivity contribution >= 4 is 22.6 Å². The van der Waals surface area contributed by atoms with Crippen LogP contribution >= 0.6 is 0 Å². The molecule has 1 amide bonds. The molecule has 5 heteroatoms. The van der Waals surface area contributed by atoms with Crippen LogP contribution in [0.15, 0.2) is 51.7 Å². The second-order valence-corrected chi connectivity index (χ2v) is 6.81. The summed E-state index contributed by atoms with van der Waals surface area (Å²) in [4.78, 5) is 24.3. The number of anilines is 1. The number of amides is 1. The van der Waals surface area contributed by atoms with Gasteiger partial charge in [0.25, 0.3) is 5.91 Å². The number of hydrogen-bond acceptors (Lipinski definition) is 4. The number of rotatable bonds is 6. The molecule has 1 unspecified atom stereocenters. The lowest BCUT2D eigenvalue weighted by molar-refractivity contribution is -0.122. The Morgan fingerprint density at radius 3 is 2.43 bits per heavy atom. The number of hydrogen-bond donors (Lipinski definition) is 1. The van der Waals surface area contributed by atoms with E-state index in [-0.39, 0.29) is 5.91 Å². The van der Waals surface area contributed by atoms with Crippen molar-refractivity contribution in [1.29, 1.82) is 0 Å². The van der Waals surface area contributed by atoms with E-state index in [0.717, 1.165) is 40.6 Å². The molecule has 28 heavy (non-hydrogen) atoms. The number of carbonyl (C=O) groups is 1. The predicted molar refractivity (Wildman–Crippen MR) is 111 cm³/mol. The highest BCUT2D eigenvalue weighted by Crippen LogP contribution is 2.25. The van der Waals surface area contributed by atoms with Crippen LogP contribution in [-0.2, 0) is 17.6 Å². The van der Waals surface area contributed by atoms with Crippen molar-refractivity contribution in [2.24, 2.45) is 0 Å². The smallest absolute Gasteiger partial charge is 0.336 e. The summed E-state index contributed by atoms with van der Waals surface area (Å²) in [5, 5.41) is 3.86.